The van der Waals surface area contributed by atoms with Crippen molar-refractivity contribution >= 4 is 11.6 Å². The van der Waals surface area contributed by atoms with Crippen LogP contribution in [0.4, 0.5) is 8.78 Å². The van der Waals surface area contributed by atoms with Crippen LogP contribution in [0.2, 0.25) is 5.15 Å². The molecule has 0 saturated carbocycles. The van der Waals surface area contributed by atoms with Crippen molar-refractivity contribution < 1.29 is 13.9 Å². The average molecular weight is 209 g/mol. The van der Waals surface area contributed by atoms with Gasteiger partial charge in [0.2, 0.25) is 0 Å². The number of rotatable bonds is 2. The average Bonchev–Trinajstić information content (AvgIpc) is 2.09. The van der Waals surface area contributed by atoms with Gasteiger partial charge in [0.25, 0.3) is 6.43 Å². The van der Waals surface area contributed by atoms with Gasteiger partial charge in [-0.3, -0.25) is 0 Å². The SMILES string of the molecule is NCc1cc(C(F)F)c(O)c(Cl)n1. The summed E-state index contributed by atoms with van der Waals surface area (Å²) in [5.41, 5.74) is 4.87. The Bertz CT molecular complexity index is 320. The van der Waals surface area contributed by atoms with Crippen molar-refractivity contribution in [1.82, 2.24) is 4.98 Å². The topological polar surface area (TPSA) is 59.1 Å². The molecule has 0 atom stereocenters. The van der Waals surface area contributed by atoms with Crippen LogP contribution >= 0.6 is 11.6 Å². The van der Waals surface area contributed by atoms with E-state index < -0.39 is 17.7 Å². The van der Waals surface area contributed by atoms with Gasteiger partial charge in [0.1, 0.15) is 0 Å². The summed E-state index contributed by atoms with van der Waals surface area (Å²) in [4.78, 5) is 3.59. The number of hydrogen-bond donors (Lipinski definition) is 2. The second kappa shape index (κ2) is 3.85. The van der Waals surface area contributed by atoms with Gasteiger partial charge >= 0.3 is 0 Å². The zero-order valence-electron chi connectivity index (χ0n) is 6.47. The molecule has 6 heteroatoms. The molecular formula is C7H7ClF2N2O. The van der Waals surface area contributed by atoms with Crippen molar-refractivity contribution in [2.24, 2.45) is 5.73 Å². The minimum atomic E-state index is -2.79. The first-order chi connectivity index (χ1) is 6.06. The maximum absolute atomic E-state index is 12.2. The van der Waals surface area contributed by atoms with Gasteiger partial charge in [0.15, 0.2) is 10.9 Å². The fourth-order valence-electron chi connectivity index (χ4n) is 0.849. The van der Waals surface area contributed by atoms with Gasteiger partial charge in [-0.1, -0.05) is 11.6 Å². The summed E-state index contributed by atoms with van der Waals surface area (Å²) >= 11 is 5.39. The molecule has 0 bridgehead atoms. The van der Waals surface area contributed by atoms with Crippen molar-refractivity contribution in [2.45, 2.75) is 13.0 Å². The Labute approximate surface area is 78.1 Å². The molecule has 1 rings (SSSR count). The van der Waals surface area contributed by atoms with Gasteiger partial charge in [0.05, 0.1) is 11.3 Å². The van der Waals surface area contributed by atoms with Crippen molar-refractivity contribution in [2.75, 3.05) is 0 Å². The number of nitrogens with zero attached hydrogens (tertiary/aromatic N) is 1. The van der Waals surface area contributed by atoms with Crippen LogP contribution in [0.1, 0.15) is 17.7 Å². The maximum atomic E-state index is 12.2. The lowest BCUT2D eigenvalue weighted by atomic mass is 10.2. The fourth-order valence-corrected chi connectivity index (χ4v) is 1.07. The quantitative estimate of drug-likeness (QED) is 0.729. The molecule has 1 heterocycles. The van der Waals surface area contributed by atoms with Crippen molar-refractivity contribution in [3.63, 3.8) is 0 Å². The first-order valence-electron chi connectivity index (χ1n) is 3.42. The lowest BCUT2D eigenvalue weighted by Gasteiger charge is -2.06. The highest BCUT2D eigenvalue weighted by Crippen LogP contribution is 2.33. The van der Waals surface area contributed by atoms with Crippen molar-refractivity contribution in [3.05, 3.63) is 22.5 Å². The predicted octanol–water partition coefficient (Wildman–Crippen LogP) is 1.84. The highest BCUT2D eigenvalue weighted by molar-refractivity contribution is 6.30. The normalized spacial score (nSPS) is 10.8. The summed E-state index contributed by atoms with van der Waals surface area (Å²) in [5.74, 6) is -0.686. The van der Waals surface area contributed by atoms with Crippen LogP contribution < -0.4 is 5.73 Å². The molecule has 0 aromatic carbocycles. The van der Waals surface area contributed by atoms with Gasteiger partial charge in [-0.15, -0.1) is 0 Å². The Morgan fingerprint density at radius 3 is 2.69 bits per heavy atom. The molecule has 0 unspecified atom stereocenters. The molecule has 1 aromatic heterocycles. The van der Waals surface area contributed by atoms with Gasteiger partial charge in [-0.2, -0.15) is 0 Å². The Kier molecular flexibility index (Phi) is 3.00. The highest BCUT2D eigenvalue weighted by atomic mass is 35.5. The van der Waals surface area contributed by atoms with Gasteiger partial charge in [-0.05, 0) is 6.07 Å². The lowest BCUT2D eigenvalue weighted by Crippen LogP contribution is -2.01. The van der Waals surface area contributed by atoms with Crippen LogP contribution in [0.15, 0.2) is 6.07 Å². The molecule has 0 aliphatic rings. The molecule has 3 N–H and O–H groups in total. The lowest BCUT2D eigenvalue weighted by molar-refractivity contribution is 0.147. The minimum absolute atomic E-state index is 0.000278. The summed E-state index contributed by atoms with van der Waals surface area (Å²) in [5, 5.41) is 8.72. The molecule has 13 heavy (non-hydrogen) atoms. The summed E-state index contributed by atoms with van der Waals surface area (Å²) in [7, 11) is 0. The zero-order chi connectivity index (χ0) is 10.0. The second-order valence-corrected chi connectivity index (χ2v) is 2.71. The first-order valence-corrected chi connectivity index (χ1v) is 3.80. The summed E-state index contributed by atoms with van der Waals surface area (Å²) in [6.45, 7) is -0.000278. The summed E-state index contributed by atoms with van der Waals surface area (Å²) in [6, 6.07) is 1.03. The van der Waals surface area contributed by atoms with E-state index in [1.165, 1.54) is 0 Å². The molecule has 0 aliphatic heterocycles. The van der Waals surface area contributed by atoms with Gasteiger partial charge in [0, 0.05) is 6.54 Å². The van der Waals surface area contributed by atoms with Crippen LogP contribution in [0.25, 0.3) is 0 Å². The number of alkyl halides is 2. The van der Waals surface area contributed by atoms with Crippen molar-refractivity contribution in [3.8, 4) is 5.75 Å². The number of hydrogen-bond acceptors (Lipinski definition) is 3. The van der Waals surface area contributed by atoms with Gasteiger partial charge in [-0.25, -0.2) is 13.8 Å². The molecule has 1 aromatic rings. The molecule has 0 spiro atoms. The number of pyridine rings is 1. The molecule has 0 fully saturated rings. The van der Waals surface area contributed by atoms with E-state index in [4.69, 9.17) is 22.4 Å². The van der Waals surface area contributed by atoms with E-state index in [1.807, 2.05) is 0 Å². The minimum Gasteiger partial charge on any atom is -0.504 e. The van der Waals surface area contributed by atoms with Crippen LogP contribution in [0.3, 0.4) is 0 Å². The third-order valence-electron chi connectivity index (χ3n) is 1.48. The smallest absolute Gasteiger partial charge is 0.267 e. The number of halogens is 3. The summed E-state index contributed by atoms with van der Waals surface area (Å²) < 4.78 is 24.5. The van der Waals surface area contributed by atoms with E-state index in [0.717, 1.165) is 6.07 Å². The van der Waals surface area contributed by atoms with Gasteiger partial charge < -0.3 is 10.8 Å². The van der Waals surface area contributed by atoms with E-state index in [2.05, 4.69) is 4.98 Å². The van der Waals surface area contributed by atoms with E-state index in [9.17, 15) is 8.78 Å². The Balaban J connectivity index is 3.25. The van der Waals surface area contributed by atoms with E-state index in [1.54, 1.807) is 0 Å². The third-order valence-corrected chi connectivity index (χ3v) is 1.74. The van der Waals surface area contributed by atoms with Crippen LogP contribution in [0.5, 0.6) is 5.75 Å². The number of aromatic nitrogens is 1. The maximum Gasteiger partial charge on any atom is 0.267 e. The second-order valence-electron chi connectivity index (χ2n) is 2.35. The molecule has 0 amide bonds. The molecule has 0 aliphatic carbocycles. The molecular weight excluding hydrogens is 202 g/mol. The number of nitrogens with two attached hydrogens (primary N) is 1. The Hall–Kier alpha value is -0.940. The zero-order valence-corrected chi connectivity index (χ0v) is 7.22. The van der Waals surface area contributed by atoms with Crippen LogP contribution in [-0.4, -0.2) is 10.1 Å². The molecule has 0 radical (unpaired) electrons. The number of aromatic hydroxyl groups is 1. The first kappa shape index (κ1) is 10.1. The van der Waals surface area contributed by atoms with E-state index in [-0.39, 0.29) is 17.4 Å². The molecule has 0 saturated heterocycles. The fraction of sp³-hybridized carbons (Fsp3) is 0.286. The standard InChI is InChI=1S/C7H7ClF2N2O/c8-6-5(13)4(7(9)10)1-3(2-11)12-6/h1,7,13H,2,11H2. The molecule has 72 valence electrons. The largest absolute Gasteiger partial charge is 0.504 e. The van der Waals surface area contributed by atoms with E-state index >= 15 is 0 Å². The molecule has 3 nitrogen and oxygen atoms in total. The van der Waals surface area contributed by atoms with Crippen LogP contribution in [0, 0.1) is 0 Å². The Morgan fingerprint density at radius 2 is 2.23 bits per heavy atom. The third kappa shape index (κ3) is 2.05. The monoisotopic (exact) mass is 208 g/mol. The van der Waals surface area contributed by atoms with E-state index in [0.29, 0.717) is 0 Å². The summed E-state index contributed by atoms with van der Waals surface area (Å²) in [6.07, 6.45) is -2.79. The highest BCUT2D eigenvalue weighted by Gasteiger charge is 2.17. The predicted molar refractivity (Wildman–Crippen MR) is 43.8 cm³/mol. The van der Waals surface area contributed by atoms with Crippen molar-refractivity contribution in [1.29, 1.82) is 0 Å². The van der Waals surface area contributed by atoms with Crippen LogP contribution in [-0.2, 0) is 6.54 Å². The Morgan fingerprint density at radius 1 is 1.62 bits per heavy atom.